The van der Waals surface area contributed by atoms with Gasteiger partial charge in [0.25, 0.3) is 0 Å². The minimum absolute atomic E-state index is 0.599. The van der Waals surface area contributed by atoms with Crippen LogP contribution in [0.25, 0.3) is 0 Å². The first-order valence-corrected chi connectivity index (χ1v) is 5.10. The normalized spacial score (nSPS) is 12.2. The van der Waals surface area contributed by atoms with Gasteiger partial charge in [0.05, 0.1) is 12.2 Å². The van der Waals surface area contributed by atoms with E-state index in [0.29, 0.717) is 6.07 Å². The Balaban J connectivity index is 3.18. The van der Waals surface area contributed by atoms with Crippen LogP contribution in [-0.2, 0) is 10.1 Å². The van der Waals surface area contributed by atoms with Gasteiger partial charge in [-0.25, -0.2) is 0 Å². The summed E-state index contributed by atoms with van der Waals surface area (Å²) in [6.07, 6.45) is 0.758. The Labute approximate surface area is 92.0 Å². The molecular formula is C6H2F3N2O5S-. The van der Waals surface area contributed by atoms with Crippen molar-refractivity contribution in [3.05, 3.63) is 18.0 Å². The zero-order chi connectivity index (χ0) is 13.3. The van der Waals surface area contributed by atoms with Crippen molar-refractivity contribution in [2.75, 3.05) is 0 Å². The molecule has 17 heavy (non-hydrogen) atoms. The van der Waals surface area contributed by atoms with Gasteiger partial charge in [0.15, 0.2) is 11.4 Å². The molecule has 0 saturated heterocycles. The average Bonchev–Trinajstić information content (AvgIpc) is 2.15. The average molecular weight is 271 g/mol. The molecule has 0 bridgehead atoms. The molecule has 0 saturated carbocycles. The minimum atomic E-state index is -5.97. The molecule has 0 fully saturated rings. The quantitative estimate of drug-likeness (QED) is 0.516. The standard InChI is InChI=1S/C6H3F3N2O5S/c7-6(8,9)17(14,15)16-3-1-2-10-11-4(3)5(12)13/h1-2H,(H,12,13)/p-1. The van der Waals surface area contributed by atoms with Crippen LogP contribution in [0.4, 0.5) is 13.2 Å². The van der Waals surface area contributed by atoms with Crippen LogP contribution in [0.3, 0.4) is 0 Å². The number of carbonyl (C=O) groups excluding carboxylic acids is 1. The van der Waals surface area contributed by atoms with Gasteiger partial charge >= 0.3 is 15.6 Å². The molecule has 0 amide bonds. The van der Waals surface area contributed by atoms with E-state index in [1.807, 2.05) is 0 Å². The number of rotatable bonds is 3. The van der Waals surface area contributed by atoms with Gasteiger partial charge in [-0.05, 0) is 0 Å². The maximum absolute atomic E-state index is 11.9. The number of carbonyl (C=O) groups is 1. The SMILES string of the molecule is O=C([O-])c1nnccc1OS(=O)(=O)C(F)(F)F. The third kappa shape index (κ3) is 2.81. The summed E-state index contributed by atoms with van der Waals surface area (Å²) in [6.45, 7) is 0. The molecule has 11 heteroatoms. The van der Waals surface area contributed by atoms with Crippen molar-refractivity contribution in [2.45, 2.75) is 5.51 Å². The highest BCUT2D eigenvalue weighted by molar-refractivity contribution is 7.88. The maximum atomic E-state index is 11.9. The summed E-state index contributed by atoms with van der Waals surface area (Å²) in [4.78, 5) is 10.4. The number of aromatic nitrogens is 2. The predicted octanol–water partition coefficient (Wildman–Crippen LogP) is -0.932. The molecule has 0 atom stereocenters. The van der Waals surface area contributed by atoms with Crippen molar-refractivity contribution >= 4 is 16.1 Å². The fraction of sp³-hybridized carbons (Fsp3) is 0.167. The molecule has 94 valence electrons. The van der Waals surface area contributed by atoms with Crippen LogP contribution in [0, 0.1) is 0 Å². The van der Waals surface area contributed by atoms with E-state index in [-0.39, 0.29) is 0 Å². The molecule has 0 aliphatic carbocycles. The van der Waals surface area contributed by atoms with Crippen molar-refractivity contribution in [1.82, 2.24) is 10.2 Å². The molecule has 0 aliphatic rings. The first-order valence-electron chi connectivity index (χ1n) is 3.69. The lowest BCUT2D eigenvalue weighted by Crippen LogP contribution is -2.30. The summed E-state index contributed by atoms with van der Waals surface area (Å²) in [5.74, 6) is -3.15. The topological polar surface area (TPSA) is 109 Å². The molecule has 1 rings (SSSR count). The first kappa shape index (κ1) is 13.2. The van der Waals surface area contributed by atoms with Gasteiger partial charge in [0, 0.05) is 6.07 Å². The van der Waals surface area contributed by atoms with Crippen LogP contribution in [0.1, 0.15) is 10.5 Å². The summed E-state index contributed by atoms with van der Waals surface area (Å²) < 4.78 is 60.6. The van der Waals surface area contributed by atoms with Crippen molar-refractivity contribution in [3.8, 4) is 5.75 Å². The molecule has 7 nitrogen and oxygen atoms in total. The van der Waals surface area contributed by atoms with Gasteiger partial charge in [-0.15, -0.1) is 5.10 Å². The molecule has 0 radical (unpaired) electrons. The fourth-order valence-electron chi connectivity index (χ4n) is 0.694. The largest absolute Gasteiger partial charge is 0.543 e. The van der Waals surface area contributed by atoms with Gasteiger partial charge < -0.3 is 14.1 Å². The number of halogens is 3. The molecule has 1 aromatic heterocycles. The number of hydrogen-bond acceptors (Lipinski definition) is 7. The van der Waals surface area contributed by atoms with Crippen molar-refractivity contribution in [1.29, 1.82) is 0 Å². The van der Waals surface area contributed by atoms with Crippen LogP contribution in [0.5, 0.6) is 5.75 Å². The molecule has 1 aromatic rings. The summed E-state index contributed by atoms with van der Waals surface area (Å²) in [5.41, 5.74) is -6.83. The highest BCUT2D eigenvalue weighted by atomic mass is 32.2. The lowest BCUT2D eigenvalue weighted by molar-refractivity contribution is -0.255. The van der Waals surface area contributed by atoms with Crippen LogP contribution in [0.15, 0.2) is 12.3 Å². The van der Waals surface area contributed by atoms with Gasteiger partial charge in [-0.3, -0.25) is 0 Å². The van der Waals surface area contributed by atoms with Crippen LogP contribution < -0.4 is 9.29 Å². The monoisotopic (exact) mass is 271 g/mol. The minimum Gasteiger partial charge on any atom is -0.543 e. The van der Waals surface area contributed by atoms with E-state index in [2.05, 4.69) is 14.4 Å². The molecule has 0 unspecified atom stereocenters. The molecule has 0 N–H and O–H groups in total. The van der Waals surface area contributed by atoms with E-state index >= 15 is 0 Å². The Morgan fingerprint density at radius 3 is 2.47 bits per heavy atom. The molecule has 0 spiro atoms. The smallest absolute Gasteiger partial charge is 0.534 e. The third-order valence-corrected chi connectivity index (χ3v) is 2.33. The highest BCUT2D eigenvalue weighted by Gasteiger charge is 2.48. The Bertz CT molecular complexity index is 541. The van der Waals surface area contributed by atoms with E-state index in [4.69, 9.17) is 0 Å². The predicted molar refractivity (Wildman–Crippen MR) is 42.0 cm³/mol. The Kier molecular flexibility index (Phi) is 3.22. The summed E-state index contributed by atoms with van der Waals surface area (Å²) in [7, 11) is -5.97. The van der Waals surface area contributed by atoms with E-state index in [1.165, 1.54) is 0 Å². The van der Waals surface area contributed by atoms with E-state index in [1.54, 1.807) is 0 Å². The zero-order valence-electron chi connectivity index (χ0n) is 7.63. The lowest BCUT2D eigenvalue weighted by Gasteiger charge is -2.11. The molecule has 1 heterocycles. The van der Waals surface area contributed by atoms with Crippen LogP contribution in [0.2, 0.25) is 0 Å². The summed E-state index contributed by atoms with van der Waals surface area (Å²) in [6, 6.07) is 0.599. The third-order valence-electron chi connectivity index (χ3n) is 1.36. The number of nitrogens with zero attached hydrogens (tertiary/aromatic N) is 2. The molecule has 0 aliphatic heterocycles. The Morgan fingerprint density at radius 2 is 2.00 bits per heavy atom. The maximum Gasteiger partial charge on any atom is 0.534 e. The van der Waals surface area contributed by atoms with Crippen molar-refractivity contribution < 1.29 is 35.7 Å². The molecule has 0 aromatic carbocycles. The zero-order valence-corrected chi connectivity index (χ0v) is 8.45. The molecular weight excluding hydrogens is 269 g/mol. The summed E-state index contributed by atoms with van der Waals surface area (Å²) >= 11 is 0. The summed E-state index contributed by atoms with van der Waals surface area (Å²) in [5, 5.41) is 16.3. The number of carboxylic acid groups (broad SMARTS) is 1. The first-order chi connectivity index (χ1) is 7.65. The van der Waals surface area contributed by atoms with E-state index < -0.39 is 33.0 Å². The Hall–Kier alpha value is -1.91. The highest BCUT2D eigenvalue weighted by Crippen LogP contribution is 2.27. The second-order valence-corrected chi connectivity index (χ2v) is 4.05. The van der Waals surface area contributed by atoms with E-state index in [9.17, 15) is 31.5 Å². The number of carboxylic acids is 1. The van der Waals surface area contributed by atoms with Crippen molar-refractivity contribution in [2.24, 2.45) is 0 Å². The number of hydrogen-bond donors (Lipinski definition) is 0. The van der Waals surface area contributed by atoms with Gasteiger partial charge in [0.2, 0.25) is 0 Å². The second kappa shape index (κ2) is 4.16. The Morgan fingerprint density at radius 1 is 1.41 bits per heavy atom. The van der Waals surface area contributed by atoms with E-state index in [0.717, 1.165) is 6.20 Å². The van der Waals surface area contributed by atoms with Crippen LogP contribution >= 0.6 is 0 Å². The lowest BCUT2D eigenvalue weighted by atomic mass is 10.4. The number of alkyl halides is 3. The van der Waals surface area contributed by atoms with Crippen LogP contribution in [-0.4, -0.2) is 30.1 Å². The van der Waals surface area contributed by atoms with Gasteiger partial charge in [0.1, 0.15) is 0 Å². The van der Waals surface area contributed by atoms with Gasteiger partial charge in [-0.1, -0.05) is 0 Å². The van der Waals surface area contributed by atoms with Crippen molar-refractivity contribution in [3.63, 3.8) is 0 Å². The fourth-order valence-corrected chi connectivity index (χ4v) is 1.16. The second-order valence-electron chi connectivity index (χ2n) is 2.51. The van der Waals surface area contributed by atoms with Gasteiger partial charge in [-0.2, -0.15) is 26.7 Å². The number of aromatic carboxylic acids is 1.